The van der Waals surface area contributed by atoms with Crippen LogP contribution in [0.3, 0.4) is 0 Å². The van der Waals surface area contributed by atoms with Crippen molar-refractivity contribution in [2.45, 2.75) is 19.5 Å². The van der Waals surface area contributed by atoms with Gasteiger partial charge in [-0.15, -0.1) is 0 Å². The Morgan fingerprint density at radius 2 is 2.03 bits per heavy atom. The highest BCUT2D eigenvalue weighted by Crippen LogP contribution is 2.36. The third kappa shape index (κ3) is 3.31. The summed E-state index contributed by atoms with van der Waals surface area (Å²) < 4.78 is 13.1. The van der Waals surface area contributed by atoms with Gasteiger partial charge in [0.2, 0.25) is 0 Å². The van der Waals surface area contributed by atoms with Gasteiger partial charge in [-0.25, -0.2) is 0 Å². The number of aromatic nitrogens is 2. The number of Topliss-reactive ketones (excluding diaryl/α,β-unsaturated/α-hetero) is 1. The number of nitrogens with one attached hydrogen (secondary N) is 1. The molecule has 3 aromatic rings. The van der Waals surface area contributed by atoms with Crippen LogP contribution in [0.25, 0.3) is 11.1 Å². The quantitative estimate of drug-likeness (QED) is 0.678. The normalized spacial score (nSPS) is 14.6. The second kappa shape index (κ2) is 7.65. The van der Waals surface area contributed by atoms with Gasteiger partial charge < -0.3 is 14.8 Å². The van der Waals surface area contributed by atoms with Gasteiger partial charge in [-0.2, -0.15) is 10.4 Å². The molecule has 0 fully saturated rings. The van der Waals surface area contributed by atoms with Crippen LogP contribution >= 0.6 is 0 Å². The lowest BCUT2D eigenvalue weighted by atomic mass is 9.93. The van der Waals surface area contributed by atoms with Gasteiger partial charge in [0.1, 0.15) is 25.0 Å². The molecule has 0 amide bonds. The maximum absolute atomic E-state index is 12.9. The fraction of sp³-hybridized carbons (Fsp3) is 0.261. The highest BCUT2D eigenvalue weighted by atomic mass is 16.6. The highest BCUT2D eigenvalue weighted by molar-refractivity contribution is 5.96. The average Bonchev–Trinajstić information content (AvgIpc) is 3.23. The van der Waals surface area contributed by atoms with Crippen LogP contribution in [0.15, 0.2) is 42.5 Å². The van der Waals surface area contributed by atoms with Crippen molar-refractivity contribution in [3.63, 3.8) is 0 Å². The van der Waals surface area contributed by atoms with Crippen molar-refractivity contribution in [3.8, 4) is 28.7 Å². The summed E-state index contributed by atoms with van der Waals surface area (Å²) in [5.41, 5.74) is 4.27. The predicted octanol–water partition coefficient (Wildman–Crippen LogP) is 2.72. The summed E-state index contributed by atoms with van der Waals surface area (Å²) in [5, 5.41) is 17.6. The van der Waals surface area contributed by atoms with Gasteiger partial charge in [-0.3, -0.25) is 9.48 Å². The van der Waals surface area contributed by atoms with Gasteiger partial charge in [0.25, 0.3) is 0 Å². The molecule has 0 bridgehead atoms. The summed E-state index contributed by atoms with van der Waals surface area (Å²) in [6.45, 7) is 3.34. The monoisotopic (exact) mass is 400 g/mol. The van der Waals surface area contributed by atoms with Crippen molar-refractivity contribution in [1.82, 2.24) is 15.1 Å². The van der Waals surface area contributed by atoms with Crippen LogP contribution in [0.4, 0.5) is 0 Å². The van der Waals surface area contributed by atoms with Gasteiger partial charge in [-0.05, 0) is 34.9 Å². The van der Waals surface area contributed by atoms with Gasteiger partial charge in [0.05, 0.1) is 17.8 Å². The van der Waals surface area contributed by atoms with Crippen LogP contribution in [0.5, 0.6) is 11.5 Å². The molecule has 30 heavy (non-hydrogen) atoms. The Bertz CT molecular complexity index is 1150. The Kier molecular flexibility index (Phi) is 4.69. The molecule has 0 aliphatic carbocycles. The van der Waals surface area contributed by atoms with E-state index >= 15 is 0 Å². The smallest absolute Gasteiger partial charge is 0.187 e. The minimum Gasteiger partial charge on any atom is -0.486 e. The van der Waals surface area contributed by atoms with E-state index in [0.29, 0.717) is 48.1 Å². The van der Waals surface area contributed by atoms with E-state index in [1.165, 1.54) is 0 Å². The summed E-state index contributed by atoms with van der Waals surface area (Å²) in [6, 6.07) is 15.4. The second-order valence-corrected chi connectivity index (χ2v) is 7.33. The fourth-order valence-corrected chi connectivity index (χ4v) is 3.92. The molecule has 0 unspecified atom stereocenters. The summed E-state index contributed by atoms with van der Waals surface area (Å²) in [7, 11) is 0. The molecule has 3 heterocycles. The summed E-state index contributed by atoms with van der Waals surface area (Å²) in [6.07, 6.45) is 0.130. The molecule has 2 aliphatic rings. The minimum absolute atomic E-state index is 0.0901. The number of ether oxygens (including phenoxy) is 2. The average molecular weight is 400 g/mol. The topological polar surface area (TPSA) is 89.2 Å². The number of hydrogen-bond donors (Lipinski definition) is 1. The van der Waals surface area contributed by atoms with Crippen molar-refractivity contribution in [2.75, 3.05) is 19.8 Å². The molecule has 0 spiro atoms. The molecule has 0 saturated heterocycles. The first kappa shape index (κ1) is 18.4. The second-order valence-electron chi connectivity index (χ2n) is 7.33. The lowest BCUT2D eigenvalue weighted by molar-refractivity contribution is 0.0987. The summed E-state index contributed by atoms with van der Waals surface area (Å²) in [4.78, 5) is 12.9. The number of fused-ring (bicyclic) bond motifs is 2. The Hall–Kier alpha value is -3.63. The van der Waals surface area contributed by atoms with E-state index in [2.05, 4.69) is 16.5 Å². The highest BCUT2D eigenvalue weighted by Gasteiger charge is 2.20. The van der Waals surface area contributed by atoms with Crippen molar-refractivity contribution in [2.24, 2.45) is 0 Å². The molecule has 0 radical (unpaired) electrons. The van der Waals surface area contributed by atoms with Crippen molar-refractivity contribution < 1.29 is 14.3 Å². The fourth-order valence-electron chi connectivity index (χ4n) is 3.92. The molecule has 0 atom stereocenters. The largest absolute Gasteiger partial charge is 0.486 e. The van der Waals surface area contributed by atoms with Crippen LogP contribution < -0.4 is 14.8 Å². The Morgan fingerprint density at radius 1 is 1.17 bits per heavy atom. The lowest BCUT2D eigenvalue weighted by Gasteiger charge is -2.19. The molecule has 2 aliphatic heterocycles. The molecular formula is C23H20N4O3. The third-order valence-electron chi connectivity index (χ3n) is 5.42. The zero-order valence-corrected chi connectivity index (χ0v) is 16.4. The van der Waals surface area contributed by atoms with Crippen LogP contribution in [0, 0.1) is 11.3 Å². The van der Waals surface area contributed by atoms with Gasteiger partial charge in [-0.1, -0.05) is 24.3 Å². The van der Waals surface area contributed by atoms with Crippen LogP contribution in [-0.2, 0) is 19.5 Å². The number of carbonyl (C=O) groups is 1. The molecule has 7 heteroatoms. The molecule has 7 nitrogen and oxygen atoms in total. The number of hydrogen-bond acceptors (Lipinski definition) is 6. The standard InChI is InChI=1S/C23H20N4O3/c24-13-19-15(10-21(28)20-12-17-14-25-6-7-27(17)26-20)2-1-3-18(19)16-4-5-22-23(11-16)30-9-8-29-22/h1-5,11-12,25H,6-10,14H2. The summed E-state index contributed by atoms with van der Waals surface area (Å²) in [5.74, 6) is 1.28. The maximum atomic E-state index is 12.9. The molecule has 1 aromatic heterocycles. The zero-order valence-electron chi connectivity index (χ0n) is 16.4. The van der Waals surface area contributed by atoms with Crippen molar-refractivity contribution in [3.05, 3.63) is 65.0 Å². The van der Waals surface area contributed by atoms with E-state index < -0.39 is 0 Å². The molecular weight excluding hydrogens is 380 g/mol. The van der Waals surface area contributed by atoms with E-state index in [0.717, 1.165) is 29.9 Å². The number of carbonyl (C=O) groups excluding carboxylic acids is 1. The molecule has 1 N–H and O–H groups in total. The van der Waals surface area contributed by atoms with E-state index in [1.807, 2.05) is 47.1 Å². The number of ketones is 1. The lowest BCUT2D eigenvalue weighted by Crippen LogP contribution is -2.28. The third-order valence-corrected chi connectivity index (χ3v) is 5.42. The first-order valence-corrected chi connectivity index (χ1v) is 9.95. The van der Waals surface area contributed by atoms with Crippen LogP contribution in [0.1, 0.15) is 27.3 Å². The number of rotatable bonds is 4. The maximum Gasteiger partial charge on any atom is 0.187 e. The molecule has 5 rings (SSSR count). The number of nitriles is 1. The van der Waals surface area contributed by atoms with Crippen LogP contribution in [0.2, 0.25) is 0 Å². The Balaban J connectivity index is 1.46. The van der Waals surface area contributed by atoms with E-state index in [-0.39, 0.29) is 12.2 Å². The first-order chi connectivity index (χ1) is 14.7. The Labute approximate surface area is 173 Å². The molecule has 2 aromatic carbocycles. The van der Waals surface area contributed by atoms with E-state index in [9.17, 15) is 10.1 Å². The zero-order chi connectivity index (χ0) is 20.5. The Morgan fingerprint density at radius 3 is 2.87 bits per heavy atom. The predicted molar refractivity (Wildman–Crippen MR) is 110 cm³/mol. The SMILES string of the molecule is N#Cc1c(CC(=O)c2cc3n(n2)CCNC3)cccc1-c1ccc2c(c1)OCCO2. The van der Waals surface area contributed by atoms with E-state index in [1.54, 1.807) is 0 Å². The van der Waals surface area contributed by atoms with Gasteiger partial charge in [0.15, 0.2) is 17.3 Å². The van der Waals surface area contributed by atoms with Crippen LogP contribution in [-0.4, -0.2) is 35.3 Å². The van der Waals surface area contributed by atoms with Crippen molar-refractivity contribution >= 4 is 5.78 Å². The first-order valence-electron chi connectivity index (χ1n) is 9.95. The van der Waals surface area contributed by atoms with Gasteiger partial charge in [0, 0.05) is 19.5 Å². The van der Waals surface area contributed by atoms with E-state index in [4.69, 9.17) is 9.47 Å². The summed E-state index contributed by atoms with van der Waals surface area (Å²) >= 11 is 0. The van der Waals surface area contributed by atoms with Gasteiger partial charge >= 0.3 is 0 Å². The minimum atomic E-state index is -0.0901. The molecule has 0 saturated carbocycles. The number of benzene rings is 2. The molecule has 150 valence electrons. The number of nitrogens with zero attached hydrogens (tertiary/aromatic N) is 3. The van der Waals surface area contributed by atoms with Crippen molar-refractivity contribution in [1.29, 1.82) is 5.26 Å².